The molecule has 0 aliphatic rings. The summed E-state index contributed by atoms with van der Waals surface area (Å²) in [6.07, 6.45) is 2.41. The van der Waals surface area contributed by atoms with Crippen molar-refractivity contribution >= 4 is 17.2 Å². The first-order valence-corrected chi connectivity index (χ1v) is 10.1. The van der Waals surface area contributed by atoms with Gasteiger partial charge in [-0.05, 0) is 47.8 Å². The molecular formula is C22H37NS. The highest BCUT2D eigenvalue weighted by molar-refractivity contribution is 7.80. The number of hydrogen-bond acceptors (Lipinski definition) is 1. The molecule has 136 valence electrons. The van der Waals surface area contributed by atoms with Crippen LogP contribution in [0.5, 0.6) is 0 Å². The Bertz CT molecular complexity index is 514. The van der Waals surface area contributed by atoms with Gasteiger partial charge >= 0.3 is 0 Å². The summed E-state index contributed by atoms with van der Waals surface area (Å²) in [4.78, 5) is 3.44. The van der Waals surface area contributed by atoms with Crippen molar-refractivity contribution in [2.75, 3.05) is 13.1 Å². The average molecular weight is 348 g/mol. The van der Waals surface area contributed by atoms with Crippen molar-refractivity contribution in [2.24, 2.45) is 0 Å². The summed E-state index contributed by atoms with van der Waals surface area (Å²) in [5, 5.41) is 0. The van der Waals surface area contributed by atoms with Gasteiger partial charge in [0.05, 0.1) is 0 Å². The van der Waals surface area contributed by atoms with Crippen LogP contribution in [0.1, 0.15) is 108 Å². The Labute approximate surface area is 155 Å². The third-order valence-electron chi connectivity index (χ3n) is 4.80. The number of nitrogens with zero attached hydrogens (tertiary/aromatic N) is 1. The van der Waals surface area contributed by atoms with Gasteiger partial charge < -0.3 is 4.90 Å². The molecule has 0 unspecified atom stereocenters. The molecule has 0 aromatic heterocycles. The molecule has 0 spiro atoms. The van der Waals surface area contributed by atoms with Gasteiger partial charge in [0.15, 0.2) is 0 Å². The van der Waals surface area contributed by atoms with E-state index in [1.165, 1.54) is 35.1 Å². The average Bonchev–Trinajstić information content (AvgIpc) is 2.53. The molecular weight excluding hydrogens is 310 g/mol. The fraction of sp³-hybridized carbons (Fsp3) is 0.682. The van der Waals surface area contributed by atoms with Crippen molar-refractivity contribution in [3.05, 3.63) is 34.4 Å². The molecule has 0 fully saturated rings. The van der Waals surface area contributed by atoms with E-state index in [2.05, 4.69) is 72.4 Å². The highest BCUT2D eigenvalue weighted by Crippen LogP contribution is 2.33. The zero-order valence-electron chi connectivity index (χ0n) is 17.1. The molecule has 0 heterocycles. The van der Waals surface area contributed by atoms with Crippen LogP contribution in [-0.2, 0) is 0 Å². The van der Waals surface area contributed by atoms with Crippen LogP contribution in [0, 0.1) is 0 Å². The molecule has 0 atom stereocenters. The standard InChI is InChI=1S/C22H37NS/c1-9-11-12-23(10-2)22(24)21-19(16(5)6)13-18(15(3)4)14-20(21)17(7)8/h13-17H,9-12H2,1-8H3. The Morgan fingerprint density at radius 1 is 0.917 bits per heavy atom. The van der Waals surface area contributed by atoms with Crippen molar-refractivity contribution in [1.29, 1.82) is 0 Å². The largest absolute Gasteiger partial charge is 0.363 e. The van der Waals surface area contributed by atoms with Crippen LogP contribution in [0.25, 0.3) is 0 Å². The van der Waals surface area contributed by atoms with Gasteiger partial charge in [0.25, 0.3) is 0 Å². The predicted octanol–water partition coefficient (Wildman–Crippen LogP) is 6.85. The zero-order valence-corrected chi connectivity index (χ0v) is 17.9. The smallest absolute Gasteiger partial charge is 0.109 e. The summed E-state index contributed by atoms with van der Waals surface area (Å²) < 4.78 is 0. The van der Waals surface area contributed by atoms with Gasteiger partial charge in [0.1, 0.15) is 4.99 Å². The number of unbranched alkanes of at least 4 members (excludes halogenated alkanes) is 1. The maximum atomic E-state index is 6.00. The van der Waals surface area contributed by atoms with E-state index in [9.17, 15) is 0 Å². The maximum absolute atomic E-state index is 6.00. The second-order valence-corrected chi connectivity index (χ2v) is 8.16. The fourth-order valence-electron chi connectivity index (χ4n) is 3.11. The summed E-state index contributed by atoms with van der Waals surface area (Å²) in [6, 6.07) is 4.80. The second kappa shape index (κ2) is 9.56. The number of benzene rings is 1. The van der Waals surface area contributed by atoms with Gasteiger partial charge in [-0.1, -0.05) is 79.2 Å². The van der Waals surface area contributed by atoms with Crippen LogP contribution >= 0.6 is 12.2 Å². The van der Waals surface area contributed by atoms with Crippen LogP contribution in [0.3, 0.4) is 0 Å². The molecule has 1 nitrogen and oxygen atoms in total. The van der Waals surface area contributed by atoms with Crippen LogP contribution in [0.15, 0.2) is 12.1 Å². The number of thiocarbonyl (C=S) groups is 1. The summed E-state index contributed by atoms with van der Waals surface area (Å²) >= 11 is 6.00. The molecule has 1 rings (SSSR count). The molecule has 24 heavy (non-hydrogen) atoms. The quantitative estimate of drug-likeness (QED) is 0.473. The predicted molar refractivity (Wildman–Crippen MR) is 113 cm³/mol. The number of rotatable bonds is 8. The van der Waals surface area contributed by atoms with Crippen LogP contribution in [0.4, 0.5) is 0 Å². The topological polar surface area (TPSA) is 3.24 Å². The molecule has 0 aliphatic carbocycles. The molecule has 0 radical (unpaired) electrons. The van der Waals surface area contributed by atoms with Crippen molar-refractivity contribution in [3.63, 3.8) is 0 Å². The third-order valence-corrected chi connectivity index (χ3v) is 5.26. The lowest BCUT2D eigenvalue weighted by Crippen LogP contribution is -2.33. The van der Waals surface area contributed by atoms with Gasteiger partial charge in [-0.3, -0.25) is 0 Å². The minimum Gasteiger partial charge on any atom is -0.363 e. The Balaban J connectivity index is 3.50. The van der Waals surface area contributed by atoms with Crippen molar-refractivity contribution in [2.45, 2.75) is 86.0 Å². The molecule has 1 aromatic carbocycles. The maximum Gasteiger partial charge on any atom is 0.109 e. The molecule has 0 N–H and O–H groups in total. The minimum absolute atomic E-state index is 0.485. The first kappa shape index (κ1) is 21.2. The minimum atomic E-state index is 0.485. The van der Waals surface area contributed by atoms with E-state index in [4.69, 9.17) is 12.2 Å². The molecule has 2 heteroatoms. The van der Waals surface area contributed by atoms with Gasteiger partial charge in [0, 0.05) is 18.7 Å². The molecule has 0 saturated carbocycles. The van der Waals surface area contributed by atoms with Crippen molar-refractivity contribution < 1.29 is 0 Å². The van der Waals surface area contributed by atoms with Crippen LogP contribution < -0.4 is 0 Å². The zero-order chi connectivity index (χ0) is 18.4. The molecule has 0 amide bonds. The monoisotopic (exact) mass is 347 g/mol. The lowest BCUT2D eigenvalue weighted by molar-refractivity contribution is 0.435. The van der Waals surface area contributed by atoms with Crippen LogP contribution in [0.2, 0.25) is 0 Å². The highest BCUT2D eigenvalue weighted by Gasteiger charge is 2.22. The number of hydrogen-bond donors (Lipinski definition) is 0. The van der Waals surface area contributed by atoms with Gasteiger partial charge in [-0.2, -0.15) is 0 Å². The van der Waals surface area contributed by atoms with Gasteiger partial charge in [-0.25, -0.2) is 0 Å². The Hall–Kier alpha value is -0.890. The van der Waals surface area contributed by atoms with E-state index in [0.29, 0.717) is 17.8 Å². The van der Waals surface area contributed by atoms with E-state index in [1.54, 1.807) is 0 Å². The second-order valence-electron chi connectivity index (χ2n) is 7.78. The highest BCUT2D eigenvalue weighted by atomic mass is 32.1. The summed E-state index contributed by atoms with van der Waals surface area (Å²) in [7, 11) is 0. The third kappa shape index (κ3) is 5.05. The van der Waals surface area contributed by atoms with Gasteiger partial charge in [0.2, 0.25) is 0 Å². The first-order valence-electron chi connectivity index (χ1n) is 9.71. The van der Waals surface area contributed by atoms with E-state index in [0.717, 1.165) is 18.1 Å². The first-order chi connectivity index (χ1) is 11.2. The van der Waals surface area contributed by atoms with Gasteiger partial charge in [-0.15, -0.1) is 0 Å². The van der Waals surface area contributed by atoms with Crippen molar-refractivity contribution in [1.82, 2.24) is 4.90 Å². The van der Waals surface area contributed by atoms with Crippen LogP contribution in [-0.4, -0.2) is 23.0 Å². The SMILES string of the molecule is CCCCN(CC)C(=S)c1c(C(C)C)cc(C(C)C)cc1C(C)C. The summed E-state index contributed by atoms with van der Waals surface area (Å²) in [5.41, 5.74) is 5.61. The Kier molecular flexibility index (Phi) is 8.42. The Morgan fingerprint density at radius 2 is 1.42 bits per heavy atom. The summed E-state index contributed by atoms with van der Waals surface area (Å²) in [5.74, 6) is 1.52. The molecule has 1 aromatic rings. The molecule has 0 saturated heterocycles. The van der Waals surface area contributed by atoms with Crippen molar-refractivity contribution in [3.8, 4) is 0 Å². The van der Waals surface area contributed by atoms with E-state index in [1.807, 2.05) is 0 Å². The lowest BCUT2D eigenvalue weighted by atomic mass is 9.84. The lowest BCUT2D eigenvalue weighted by Gasteiger charge is -2.29. The molecule has 0 aliphatic heterocycles. The van der Waals surface area contributed by atoms with E-state index < -0.39 is 0 Å². The fourth-order valence-corrected chi connectivity index (χ4v) is 3.57. The Morgan fingerprint density at radius 3 is 1.75 bits per heavy atom. The molecule has 0 bridgehead atoms. The van der Waals surface area contributed by atoms with E-state index >= 15 is 0 Å². The van der Waals surface area contributed by atoms with E-state index in [-0.39, 0.29) is 0 Å². The summed E-state index contributed by atoms with van der Waals surface area (Å²) in [6.45, 7) is 20.2. The normalized spacial score (nSPS) is 11.6.